The van der Waals surface area contributed by atoms with E-state index in [2.05, 4.69) is 20.0 Å². The summed E-state index contributed by atoms with van der Waals surface area (Å²) in [7, 11) is 0. The Hall–Kier alpha value is -4.34. The zero-order chi connectivity index (χ0) is 26.3. The summed E-state index contributed by atoms with van der Waals surface area (Å²) in [5, 5.41) is 3.95. The van der Waals surface area contributed by atoms with E-state index in [-0.39, 0.29) is 0 Å². The summed E-state index contributed by atoms with van der Waals surface area (Å²) in [4.78, 5) is 30.8. The highest BCUT2D eigenvalue weighted by Gasteiger charge is 2.42. The number of anilines is 1. The third kappa shape index (κ3) is 6.87. The minimum Gasteiger partial charge on any atom is -0.494 e. The first-order valence-corrected chi connectivity index (χ1v) is 11.6. The van der Waals surface area contributed by atoms with Crippen LogP contribution in [-0.4, -0.2) is 41.2 Å². The van der Waals surface area contributed by atoms with Gasteiger partial charge in [-0.3, -0.25) is 4.79 Å². The van der Waals surface area contributed by atoms with Crippen LogP contribution in [0.15, 0.2) is 79.1 Å². The van der Waals surface area contributed by atoms with Gasteiger partial charge in [0.2, 0.25) is 0 Å². The smallest absolute Gasteiger partial charge is 0.491 e. The lowest BCUT2D eigenvalue weighted by molar-refractivity contribution is -0.201. The molecule has 0 amide bonds. The lowest BCUT2D eigenvalue weighted by Gasteiger charge is -2.17. The molecule has 7 nitrogen and oxygen atoms in total. The van der Waals surface area contributed by atoms with Crippen LogP contribution in [0.2, 0.25) is 0 Å². The molecule has 1 unspecified atom stereocenters. The summed E-state index contributed by atoms with van der Waals surface area (Å²) in [6.07, 6.45) is -1.58. The van der Waals surface area contributed by atoms with Crippen molar-refractivity contribution in [3.8, 4) is 5.75 Å². The van der Waals surface area contributed by atoms with Crippen LogP contribution in [0, 0.1) is 0 Å². The number of nitrogens with zero attached hydrogens (tertiary/aromatic N) is 1. The van der Waals surface area contributed by atoms with Crippen LogP contribution >= 0.6 is 0 Å². The summed E-state index contributed by atoms with van der Waals surface area (Å²) in [5.74, 6) is -3.06. The molecule has 0 saturated carbocycles. The van der Waals surface area contributed by atoms with Crippen molar-refractivity contribution in [1.82, 2.24) is 9.97 Å². The van der Waals surface area contributed by atoms with Gasteiger partial charge in [-0.05, 0) is 47.9 Å². The predicted octanol–water partition coefficient (Wildman–Crippen LogP) is 5.60. The molecule has 2 heterocycles. The molecule has 2 aromatic heterocycles. The number of esters is 2. The first-order valence-electron chi connectivity index (χ1n) is 11.6. The number of aromatic nitrogens is 2. The first-order chi connectivity index (χ1) is 17.8. The van der Waals surface area contributed by atoms with Gasteiger partial charge in [0.25, 0.3) is 0 Å². The fraction of sp³-hybridized carbons (Fsp3) is 0.222. The summed E-state index contributed by atoms with van der Waals surface area (Å²) in [6.45, 7) is 1.11. The number of benzene rings is 2. The van der Waals surface area contributed by atoms with Crippen LogP contribution in [0.25, 0.3) is 10.9 Å². The molecule has 0 saturated heterocycles. The summed E-state index contributed by atoms with van der Waals surface area (Å²) >= 11 is 0. The largest absolute Gasteiger partial charge is 0.494 e. The Balaban J connectivity index is 1.48. The number of fused-ring (bicyclic) bond motifs is 1. The molecule has 192 valence electrons. The van der Waals surface area contributed by atoms with Crippen LogP contribution in [0.1, 0.15) is 29.9 Å². The lowest BCUT2D eigenvalue weighted by Crippen LogP contribution is -2.28. The maximum Gasteiger partial charge on any atom is 0.491 e. The molecule has 0 spiro atoms. The van der Waals surface area contributed by atoms with Crippen molar-refractivity contribution < 1.29 is 32.2 Å². The average molecular weight is 512 g/mol. The number of carbonyl (C=O) groups is 2. The topological polar surface area (TPSA) is 93.3 Å². The van der Waals surface area contributed by atoms with Crippen molar-refractivity contribution in [1.29, 1.82) is 0 Å². The van der Waals surface area contributed by atoms with E-state index >= 15 is 0 Å². The Kier molecular flexibility index (Phi) is 8.07. The first kappa shape index (κ1) is 25.7. The van der Waals surface area contributed by atoms with Gasteiger partial charge in [-0.1, -0.05) is 36.4 Å². The van der Waals surface area contributed by atoms with Crippen LogP contribution in [0.3, 0.4) is 0 Å². The zero-order valence-corrected chi connectivity index (χ0v) is 19.6. The summed E-state index contributed by atoms with van der Waals surface area (Å²) in [6, 6.07) is 19.9. The second kappa shape index (κ2) is 11.6. The van der Waals surface area contributed by atoms with Crippen LogP contribution in [-0.2, 0) is 14.3 Å². The van der Waals surface area contributed by atoms with Gasteiger partial charge in [0.15, 0.2) is 0 Å². The van der Waals surface area contributed by atoms with Gasteiger partial charge >= 0.3 is 18.1 Å². The van der Waals surface area contributed by atoms with Crippen molar-refractivity contribution in [3.63, 3.8) is 0 Å². The van der Waals surface area contributed by atoms with E-state index < -0.39 is 30.5 Å². The number of hydrogen-bond donors (Lipinski definition) is 2. The van der Waals surface area contributed by atoms with Gasteiger partial charge in [0, 0.05) is 35.8 Å². The SMILES string of the molecule is O=C(CC(c1ccccc1)c1c[nH]c2ccc(OCCCNc3ccccn3)cc12)OC(=O)C(F)(F)F. The molecule has 0 radical (unpaired) electrons. The number of nitrogens with one attached hydrogen (secondary N) is 2. The van der Waals surface area contributed by atoms with Gasteiger partial charge in [0.1, 0.15) is 11.6 Å². The Morgan fingerprint density at radius 1 is 1.03 bits per heavy atom. The van der Waals surface area contributed by atoms with Gasteiger partial charge < -0.3 is 19.8 Å². The number of halogens is 3. The van der Waals surface area contributed by atoms with Crippen LogP contribution < -0.4 is 10.1 Å². The quantitative estimate of drug-likeness (QED) is 0.164. The van der Waals surface area contributed by atoms with E-state index in [0.29, 0.717) is 30.0 Å². The third-order valence-corrected chi connectivity index (χ3v) is 5.63. The van der Waals surface area contributed by atoms with Gasteiger partial charge in [-0.15, -0.1) is 0 Å². The van der Waals surface area contributed by atoms with E-state index in [0.717, 1.165) is 23.1 Å². The van der Waals surface area contributed by atoms with E-state index in [1.165, 1.54) is 0 Å². The van der Waals surface area contributed by atoms with Crippen molar-refractivity contribution in [2.75, 3.05) is 18.5 Å². The van der Waals surface area contributed by atoms with Crippen molar-refractivity contribution >= 4 is 28.7 Å². The summed E-state index contributed by atoms with van der Waals surface area (Å²) in [5.41, 5.74) is 2.12. The Morgan fingerprint density at radius 3 is 2.54 bits per heavy atom. The van der Waals surface area contributed by atoms with Crippen LogP contribution in [0.5, 0.6) is 5.75 Å². The Morgan fingerprint density at radius 2 is 1.81 bits per heavy atom. The van der Waals surface area contributed by atoms with Crippen LogP contribution in [0.4, 0.5) is 19.0 Å². The van der Waals surface area contributed by atoms with Crippen molar-refractivity contribution in [3.05, 3.63) is 90.3 Å². The molecule has 2 aromatic carbocycles. The van der Waals surface area contributed by atoms with E-state index in [9.17, 15) is 22.8 Å². The zero-order valence-electron chi connectivity index (χ0n) is 19.6. The number of hydrogen-bond acceptors (Lipinski definition) is 6. The molecule has 0 bridgehead atoms. The number of aromatic amines is 1. The standard InChI is InChI=1S/C27H24F3N3O4/c28-27(29,30)26(35)37-25(34)16-20(18-7-2-1-3-8-18)22-17-33-23-11-10-19(15-21(22)23)36-14-6-13-32-24-9-4-5-12-31-24/h1-5,7-12,15,17,20,33H,6,13-14,16H2,(H,31,32). The minimum absolute atomic E-state index is 0.444. The highest BCUT2D eigenvalue weighted by atomic mass is 19.4. The molecule has 37 heavy (non-hydrogen) atoms. The van der Waals surface area contributed by atoms with E-state index in [1.54, 1.807) is 42.7 Å². The Labute approximate surface area is 210 Å². The molecule has 0 fully saturated rings. The molecule has 2 N–H and O–H groups in total. The van der Waals surface area contributed by atoms with Gasteiger partial charge in [-0.2, -0.15) is 13.2 Å². The highest BCUT2D eigenvalue weighted by molar-refractivity contribution is 5.90. The van der Waals surface area contributed by atoms with Crippen molar-refractivity contribution in [2.24, 2.45) is 0 Å². The van der Waals surface area contributed by atoms with E-state index in [4.69, 9.17) is 4.74 Å². The monoisotopic (exact) mass is 511 g/mol. The lowest BCUT2D eigenvalue weighted by atomic mass is 9.88. The fourth-order valence-electron chi connectivity index (χ4n) is 3.91. The number of rotatable bonds is 10. The van der Waals surface area contributed by atoms with Gasteiger partial charge in [-0.25, -0.2) is 9.78 Å². The number of H-pyrrole nitrogens is 1. The van der Waals surface area contributed by atoms with E-state index in [1.807, 2.05) is 36.4 Å². The molecule has 4 rings (SSSR count). The molecule has 4 aromatic rings. The average Bonchev–Trinajstić information content (AvgIpc) is 3.30. The number of ether oxygens (including phenoxy) is 2. The number of alkyl halides is 3. The molecular formula is C27H24F3N3O4. The number of carbonyl (C=O) groups excluding carboxylic acids is 2. The maximum absolute atomic E-state index is 12.6. The van der Waals surface area contributed by atoms with Crippen molar-refractivity contribution in [2.45, 2.75) is 24.9 Å². The minimum atomic E-state index is -5.25. The number of pyridine rings is 1. The molecule has 0 aliphatic rings. The Bertz CT molecular complexity index is 1340. The molecule has 1 atom stereocenters. The molecule has 0 aliphatic heterocycles. The highest BCUT2D eigenvalue weighted by Crippen LogP contribution is 2.35. The second-order valence-corrected chi connectivity index (χ2v) is 8.22. The predicted molar refractivity (Wildman–Crippen MR) is 131 cm³/mol. The molecular weight excluding hydrogens is 487 g/mol. The fourth-order valence-corrected chi connectivity index (χ4v) is 3.91. The molecule has 0 aliphatic carbocycles. The summed E-state index contributed by atoms with van der Waals surface area (Å²) < 4.78 is 47.7. The second-order valence-electron chi connectivity index (χ2n) is 8.22. The third-order valence-electron chi connectivity index (χ3n) is 5.63. The normalized spacial score (nSPS) is 12.2. The maximum atomic E-state index is 12.6. The van der Waals surface area contributed by atoms with Gasteiger partial charge in [0.05, 0.1) is 13.0 Å². The molecule has 10 heteroatoms.